The van der Waals surface area contributed by atoms with Gasteiger partial charge >= 0.3 is 6.00 Å². The summed E-state index contributed by atoms with van der Waals surface area (Å²) in [6.07, 6.45) is 5.41. The Bertz CT molecular complexity index is 641. The summed E-state index contributed by atoms with van der Waals surface area (Å²) in [5, 5.41) is 0. The highest BCUT2D eigenvalue weighted by molar-refractivity contribution is 7.64. The van der Waals surface area contributed by atoms with Crippen LogP contribution in [0.4, 0.5) is 0 Å². The van der Waals surface area contributed by atoms with Gasteiger partial charge in [-0.1, -0.05) is 68.3 Å². The molecule has 0 atom stereocenters. The van der Waals surface area contributed by atoms with Crippen LogP contribution in [-0.2, 0) is 6.42 Å². The average Bonchev–Trinajstić information content (AvgIpc) is 2.59. The van der Waals surface area contributed by atoms with Crippen LogP contribution in [0, 0.1) is 0 Å². The quantitative estimate of drug-likeness (QED) is 0.221. The largest absolute Gasteiger partial charge is 0.493 e. The average molecular weight is 416 g/mol. The molecule has 0 radical (unpaired) electrons. The van der Waals surface area contributed by atoms with Crippen LogP contribution in [-0.4, -0.2) is 12.6 Å². The maximum atomic E-state index is 6.20. The third-order valence-electron chi connectivity index (χ3n) is 4.08. The normalized spacial score (nSPS) is 11.5. The van der Waals surface area contributed by atoms with Gasteiger partial charge in [-0.15, -0.1) is 33.2 Å². The molecule has 25 heavy (non-hydrogen) atoms. The Labute approximate surface area is 166 Å². The Morgan fingerprint density at radius 1 is 0.880 bits per heavy atom. The first-order valence-corrected chi connectivity index (χ1v) is 14.1. The van der Waals surface area contributed by atoms with Gasteiger partial charge in [-0.2, -0.15) is 0 Å². The second-order valence-electron chi connectivity index (χ2n) is 6.18. The minimum absolute atomic E-state index is 0.575. The summed E-state index contributed by atoms with van der Waals surface area (Å²) >= 11 is 17.9. The van der Waals surface area contributed by atoms with Gasteiger partial charge in [0.05, 0.1) is 6.61 Å². The number of ether oxygens (including phenoxy) is 1. The predicted molar refractivity (Wildman–Crippen MR) is 113 cm³/mol. The fraction of sp³-hybridized carbons (Fsp3) is 0.400. The summed E-state index contributed by atoms with van der Waals surface area (Å²) in [5.74, 6) is 0.982. The lowest BCUT2D eigenvalue weighted by molar-refractivity contribution is 0.315. The molecular weight excluding hydrogens is 391 g/mol. The van der Waals surface area contributed by atoms with Gasteiger partial charge in [0.15, 0.2) is 0 Å². The van der Waals surface area contributed by atoms with Gasteiger partial charge in [-0.05, 0) is 36.4 Å². The summed E-state index contributed by atoms with van der Waals surface area (Å²) < 4.78 is 6.20. The summed E-state index contributed by atoms with van der Waals surface area (Å²) in [7, 11) is 0. The van der Waals surface area contributed by atoms with E-state index < -0.39 is 6.00 Å². The van der Waals surface area contributed by atoms with E-state index in [2.05, 4.69) is 49.4 Å². The monoisotopic (exact) mass is 414 g/mol. The van der Waals surface area contributed by atoms with Gasteiger partial charge < -0.3 is 4.74 Å². The van der Waals surface area contributed by atoms with Gasteiger partial charge in [0, 0.05) is 5.56 Å². The molecule has 0 aliphatic carbocycles. The van der Waals surface area contributed by atoms with Gasteiger partial charge in [-0.3, -0.25) is 0 Å². The van der Waals surface area contributed by atoms with E-state index in [9.17, 15) is 0 Å². The molecule has 0 saturated carbocycles. The van der Waals surface area contributed by atoms with Crippen molar-refractivity contribution in [2.45, 2.75) is 45.1 Å². The minimum atomic E-state index is -2.58. The Kier molecular flexibility index (Phi) is 8.64. The van der Waals surface area contributed by atoms with E-state index in [-0.39, 0.29) is 0 Å². The Morgan fingerprint density at radius 2 is 1.64 bits per heavy atom. The van der Waals surface area contributed by atoms with Crippen molar-refractivity contribution >= 4 is 39.2 Å². The van der Waals surface area contributed by atoms with Crippen molar-refractivity contribution in [2.24, 2.45) is 0 Å². The number of benzene rings is 2. The summed E-state index contributed by atoms with van der Waals surface area (Å²) in [5.41, 5.74) is 3.58. The van der Waals surface area contributed by atoms with Gasteiger partial charge in [-0.25, -0.2) is 0 Å². The van der Waals surface area contributed by atoms with E-state index in [1.54, 1.807) is 0 Å². The number of halogens is 3. The standard InChI is InChI=1S/C20H25Cl3OSi/c1-2-3-5-12-18-13-8-14-19(17-10-6-4-7-11-17)20(18)24-15-9-16-25(21,22)23/h4,6-8,10-11,13-14H,2-3,5,9,12,15-16H2,1H3. The first kappa shape index (κ1) is 20.6. The molecule has 0 spiro atoms. The lowest BCUT2D eigenvalue weighted by Gasteiger charge is -2.17. The summed E-state index contributed by atoms with van der Waals surface area (Å²) in [4.78, 5) is 0. The molecule has 2 rings (SSSR count). The fourth-order valence-electron chi connectivity index (χ4n) is 2.81. The maximum Gasteiger partial charge on any atom is 0.341 e. The van der Waals surface area contributed by atoms with Crippen molar-refractivity contribution in [3.8, 4) is 16.9 Å². The van der Waals surface area contributed by atoms with Gasteiger partial charge in [0.1, 0.15) is 5.75 Å². The third-order valence-corrected chi connectivity index (χ3v) is 6.70. The first-order chi connectivity index (χ1) is 12.0. The predicted octanol–water partition coefficient (Wildman–Crippen LogP) is 7.51. The summed E-state index contributed by atoms with van der Waals surface area (Å²) in [6.45, 7) is 2.80. The van der Waals surface area contributed by atoms with Crippen LogP contribution in [0.25, 0.3) is 11.1 Å². The number of unbranched alkanes of at least 4 members (excludes halogenated alkanes) is 2. The van der Waals surface area contributed by atoms with Crippen LogP contribution in [0.5, 0.6) is 5.75 Å². The van der Waals surface area contributed by atoms with E-state index >= 15 is 0 Å². The van der Waals surface area contributed by atoms with Gasteiger partial charge in [0.2, 0.25) is 0 Å². The second kappa shape index (κ2) is 10.5. The number of aryl methyl sites for hydroxylation is 1. The van der Waals surface area contributed by atoms with Crippen LogP contribution < -0.4 is 4.74 Å². The number of para-hydroxylation sites is 1. The molecule has 5 heteroatoms. The van der Waals surface area contributed by atoms with E-state index in [0.29, 0.717) is 12.7 Å². The van der Waals surface area contributed by atoms with E-state index in [0.717, 1.165) is 24.2 Å². The molecule has 136 valence electrons. The molecule has 0 saturated heterocycles. The molecular formula is C20H25Cl3OSi. The highest BCUT2D eigenvalue weighted by Gasteiger charge is 2.24. The molecule has 0 fully saturated rings. The molecule has 1 nitrogen and oxygen atoms in total. The zero-order chi connectivity index (χ0) is 18.1. The molecule has 2 aromatic carbocycles. The lowest BCUT2D eigenvalue weighted by Crippen LogP contribution is -2.11. The first-order valence-electron chi connectivity index (χ1n) is 8.88. The Balaban J connectivity index is 2.18. The van der Waals surface area contributed by atoms with Crippen molar-refractivity contribution in [1.29, 1.82) is 0 Å². The van der Waals surface area contributed by atoms with Crippen molar-refractivity contribution < 1.29 is 4.74 Å². The number of hydrogen-bond donors (Lipinski definition) is 0. The van der Waals surface area contributed by atoms with Crippen molar-refractivity contribution in [3.05, 3.63) is 54.1 Å². The van der Waals surface area contributed by atoms with Crippen molar-refractivity contribution in [2.75, 3.05) is 6.61 Å². The topological polar surface area (TPSA) is 9.23 Å². The number of hydrogen-bond acceptors (Lipinski definition) is 1. The van der Waals surface area contributed by atoms with Crippen LogP contribution in [0.15, 0.2) is 48.5 Å². The molecule has 0 aromatic heterocycles. The highest BCUT2D eigenvalue weighted by Crippen LogP contribution is 2.35. The Morgan fingerprint density at radius 3 is 2.32 bits per heavy atom. The lowest BCUT2D eigenvalue weighted by atomic mass is 9.98. The number of rotatable bonds is 10. The second-order valence-corrected chi connectivity index (χ2v) is 15.5. The van der Waals surface area contributed by atoms with Crippen LogP contribution >= 0.6 is 33.2 Å². The zero-order valence-corrected chi connectivity index (χ0v) is 17.9. The molecule has 0 unspecified atom stereocenters. The van der Waals surface area contributed by atoms with E-state index in [1.807, 2.05) is 6.07 Å². The highest BCUT2D eigenvalue weighted by atomic mass is 35.8. The molecule has 0 aliphatic rings. The summed E-state index contributed by atoms with van der Waals surface area (Å²) in [6, 6.07) is 14.8. The smallest absolute Gasteiger partial charge is 0.341 e. The van der Waals surface area contributed by atoms with E-state index in [4.69, 9.17) is 38.0 Å². The molecule has 2 aromatic rings. The van der Waals surface area contributed by atoms with Crippen LogP contribution in [0.2, 0.25) is 6.04 Å². The zero-order valence-electron chi connectivity index (χ0n) is 14.6. The van der Waals surface area contributed by atoms with Crippen molar-refractivity contribution in [3.63, 3.8) is 0 Å². The Hall–Kier alpha value is -0.673. The SMILES string of the molecule is CCCCCc1cccc(-c2ccccc2)c1OCCC[Si](Cl)(Cl)Cl. The fourth-order valence-corrected chi connectivity index (χ4v) is 4.56. The van der Waals surface area contributed by atoms with Crippen LogP contribution in [0.1, 0.15) is 38.2 Å². The molecule has 0 amide bonds. The van der Waals surface area contributed by atoms with E-state index in [1.165, 1.54) is 30.4 Å². The van der Waals surface area contributed by atoms with Gasteiger partial charge in [0.25, 0.3) is 0 Å². The van der Waals surface area contributed by atoms with Crippen LogP contribution in [0.3, 0.4) is 0 Å². The molecule has 0 aliphatic heterocycles. The third kappa shape index (κ3) is 7.22. The minimum Gasteiger partial charge on any atom is -0.493 e. The maximum absolute atomic E-state index is 6.20. The molecule has 0 bridgehead atoms. The molecule has 0 N–H and O–H groups in total. The molecule has 0 heterocycles. The van der Waals surface area contributed by atoms with Crippen molar-refractivity contribution in [1.82, 2.24) is 0 Å².